The fourth-order valence-corrected chi connectivity index (χ4v) is 4.68. The van der Waals surface area contributed by atoms with Gasteiger partial charge >= 0.3 is 6.18 Å². The first-order chi connectivity index (χ1) is 13.7. The molecule has 0 atom stereocenters. The number of sulfonamides is 1. The Morgan fingerprint density at radius 3 is 1.67 bits per heavy atom. The summed E-state index contributed by atoms with van der Waals surface area (Å²) in [5, 5.41) is 0. The molecular formula is C23H28F3NO2S. The summed E-state index contributed by atoms with van der Waals surface area (Å²) in [5.41, 5.74) is 1.95. The first-order valence-corrected chi connectivity index (χ1v) is 11.3. The zero-order valence-corrected chi connectivity index (χ0v) is 18.9. The minimum atomic E-state index is -4.45. The lowest BCUT2D eigenvalue weighted by Gasteiger charge is -2.21. The van der Waals surface area contributed by atoms with Crippen LogP contribution in [0.25, 0.3) is 0 Å². The van der Waals surface area contributed by atoms with E-state index in [4.69, 9.17) is 0 Å². The molecule has 0 N–H and O–H groups in total. The highest BCUT2D eigenvalue weighted by molar-refractivity contribution is 7.90. The summed E-state index contributed by atoms with van der Waals surface area (Å²) in [4.78, 5) is 0.195. The van der Waals surface area contributed by atoms with Gasteiger partial charge in [0.15, 0.2) is 0 Å². The van der Waals surface area contributed by atoms with Gasteiger partial charge in [-0.15, -0.1) is 0 Å². The molecule has 2 aromatic rings. The Hall–Kier alpha value is -2.15. The summed E-state index contributed by atoms with van der Waals surface area (Å²) in [5.74, 6) is 0.173. The molecule has 0 spiro atoms. The van der Waals surface area contributed by atoms with Gasteiger partial charge in [-0.25, -0.2) is 0 Å². The Kier molecular flexibility index (Phi) is 7.17. The van der Waals surface area contributed by atoms with Gasteiger partial charge in [0.2, 0.25) is 0 Å². The number of hydrogen-bond donors (Lipinski definition) is 0. The van der Waals surface area contributed by atoms with Crippen LogP contribution in [0, 0.1) is 0 Å². The fourth-order valence-electron chi connectivity index (χ4n) is 3.13. The van der Waals surface area contributed by atoms with Crippen LogP contribution in [0.1, 0.15) is 87.1 Å². The number of alkyl halides is 3. The van der Waals surface area contributed by atoms with Gasteiger partial charge in [-0.2, -0.15) is 26.0 Å². The van der Waals surface area contributed by atoms with E-state index >= 15 is 0 Å². The van der Waals surface area contributed by atoms with E-state index in [1.54, 1.807) is 0 Å². The molecule has 2 rings (SSSR count). The first kappa shape index (κ1) is 24.1. The Morgan fingerprint density at radius 2 is 1.30 bits per heavy atom. The molecule has 2 aromatic carbocycles. The summed E-state index contributed by atoms with van der Waals surface area (Å²) >= 11 is 0. The van der Waals surface area contributed by atoms with Gasteiger partial charge in [-0.05, 0) is 52.1 Å². The smallest absolute Gasteiger partial charge is 0.199 e. The maximum absolute atomic E-state index is 13.2. The third-order valence-corrected chi connectivity index (χ3v) is 6.29. The number of benzene rings is 2. The molecule has 0 aliphatic heterocycles. The molecular weight excluding hydrogens is 411 g/mol. The van der Waals surface area contributed by atoms with Crippen molar-refractivity contribution in [2.45, 2.75) is 70.4 Å². The van der Waals surface area contributed by atoms with Crippen molar-refractivity contribution in [1.29, 1.82) is 0 Å². The Labute approximate surface area is 177 Å². The highest BCUT2D eigenvalue weighted by atomic mass is 32.2. The van der Waals surface area contributed by atoms with Crippen LogP contribution in [-0.2, 0) is 16.2 Å². The second-order valence-corrected chi connectivity index (χ2v) is 9.89. The zero-order valence-electron chi connectivity index (χ0n) is 18.1. The van der Waals surface area contributed by atoms with Gasteiger partial charge < -0.3 is 0 Å². The van der Waals surface area contributed by atoms with Crippen molar-refractivity contribution < 1.29 is 21.6 Å². The SMILES string of the molecule is CC(C)c1cc(C(C)C)c(S(=O)(=O)/N=C/c2ccc(C(F)(F)F)cc2)c(C(C)C)c1. The Balaban J connectivity index is 2.57. The molecule has 3 nitrogen and oxygen atoms in total. The molecule has 30 heavy (non-hydrogen) atoms. The standard InChI is InChI=1S/C23H28F3NO2S/c1-14(2)18-11-20(15(3)4)22(21(12-18)16(5)6)30(28,29)27-13-17-7-9-19(10-8-17)23(24,25)26/h7-16H,1-6H3/b27-13+. The number of hydrogen-bond acceptors (Lipinski definition) is 2. The van der Waals surface area contributed by atoms with Crippen molar-refractivity contribution >= 4 is 16.2 Å². The van der Waals surface area contributed by atoms with Crippen LogP contribution in [0.15, 0.2) is 45.7 Å². The van der Waals surface area contributed by atoms with Gasteiger partial charge in [0.25, 0.3) is 10.0 Å². The summed E-state index contributed by atoms with van der Waals surface area (Å²) in [6, 6.07) is 8.06. The molecule has 0 aliphatic carbocycles. The molecule has 0 fully saturated rings. The molecule has 0 aromatic heterocycles. The van der Waals surface area contributed by atoms with Gasteiger partial charge in [0.05, 0.1) is 10.5 Å². The van der Waals surface area contributed by atoms with Gasteiger partial charge in [-0.3, -0.25) is 0 Å². The average molecular weight is 440 g/mol. The van der Waals surface area contributed by atoms with E-state index in [9.17, 15) is 21.6 Å². The van der Waals surface area contributed by atoms with Crippen molar-refractivity contribution in [3.63, 3.8) is 0 Å². The van der Waals surface area contributed by atoms with Crippen LogP contribution >= 0.6 is 0 Å². The van der Waals surface area contributed by atoms with Crippen molar-refractivity contribution in [3.05, 3.63) is 64.2 Å². The van der Waals surface area contributed by atoms with Crippen LogP contribution in [-0.4, -0.2) is 14.6 Å². The molecule has 0 aliphatic rings. The largest absolute Gasteiger partial charge is 0.416 e. The van der Waals surface area contributed by atoms with E-state index in [0.717, 1.165) is 23.9 Å². The van der Waals surface area contributed by atoms with Crippen molar-refractivity contribution in [2.24, 2.45) is 4.40 Å². The normalized spacial score (nSPS) is 13.2. The predicted molar refractivity (Wildman–Crippen MR) is 115 cm³/mol. The highest BCUT2D eigenvalue weighted by Crippen LogP contribution is 2.36. The van der Waals surface area contributed by atoms with E-state index < -0.39 is 21.8 Å². The van der Waals surface area contributed by atoms with E-state index in [2.05, 4.69) is 18.2 Å². The minimum absolute atomic E-state index is 0.0350. The summed E-state index contributed by atoms with van der Waals surface area (Å²) in [7, 11) is -4.04. The van der Waals surface area contributed by atoms with E-state index in [-0.39, 0.29) is 28.2 Å². The summed E-state index contributed by atoms with van der Waals surface area (Å²) in [6.07, 6.45) is -3.35. The molecule has 0 radical (unpaired) electrons. The molecule has 164 valence electrons. The molecule has 0 saturated heterocycles. The molecule has 7 heteroatoms. The topological polar surface area (TPSA) is 46.5 Å². The van der Waals surface area contributed by atoms with E-state index in [1.807, 2.05) is 39.8 Å². The van der Waals surface area contributed by atoms with Gasteiger partial charge in [0.1, 0.15) is 0 Å². The lowest BCUT2D eigenvalue weighted by Crippen LogP contribution is -2.11. The van der Waals surface area contributed by atoms with Crippen LogP contribution < -0.4 is 0 Å². The maximum Gasteiger partial charge on any atom is 0.416 e. The summed E-state index contributed by atoms with van der Waals surface area (Å²) < 4.78 is 68.3. The molecule has 0 amide bonds. The molecule has 0 heterocycles. The van der Waals surface area contributed by atoms with Crippen molar-refractivity contribution in [3.8, 4) is 0 Å². The zero-order chi connectivity index (χ0) is 22.9. The maximum atomic E-state index is 13.2. The number of rotatable bonds is 6. The van der Waals surface area contributed by atoms with Crippen LogP contribution in [0.4, 0.5) is 13.2 Å². The monoisotopic (exact) mass is 439 g/mol. The van der Waals surface area contributed by atoms with Gasteiger partial charge in [-0.1, -0.05) is 65.8 Å². The van der Waals surface area contributed by atoms with E-state index in [1.165, 1.54) is 12.1 Å². The van der Waals surface area contributed by atoms with Crippen LogP contribution in [0.5, 0.6) is 0 Å². The third kappa shape index (κ3) is 5.50. The Morgan fingerprint density at radius 1 is 0.833 bits per heavy atom. The molecule has 0 unspecified atom stereocenters. The summed E-state index contributed by atoms with van der Waals surface area (Å²) in [6.45, 7) is 11.8. The minimum Gasteiger partial charge on any atom is -0.199 e. The molecule has 0 bridgehead atoms. The van der Waals surface area contributed by atoms with Gasteiger partial charge in [0, 0.05) is 6.21 Å². The third-order valence-electron chi connectivity index (χ3n) is 4.92. The van der Waals surface area contributed by atoms with Crippen LogP contribution in [0.3, 0.4) is 0 Å². The van der Waals surface area contributed by atoms with E-state index in [0.29, 0.717) is 11.1 Å². The second-order valence-electron chi connectivity index (χ2n) is 8.32. The van der Waals surface area contributed by atoms with Crippen molar-refractivity contribution in [2.75, 3.05) is 0 Å². The second kappa shape index (κ2) is 8.92. The molecule has 0 saturated carbocycles. The number of nitrogens with zero attached hydrogens (tertiary/aromatic N) is 1. The highest BCUT2D eigenvalue weighted by Gasteiger charge is 2.30. The van der Waals surface area contributed by atoms with Crippen molar-refractivity contribution in [1.82, 2.24) is 0 Å². The first-order valence-electron chi connectivity index (χ1n) is 9.89. The Bertz CT molecular complexity index is 990. The lowest BCUT2D eigenvalue weighted by atomic mass is 9.89. The quantitative estimate of drug-likeness (QED) is 0.460. The fraction of sp³-hybridized carbons (Fsp3) is 0.435. The average Bonchev–Trinajstić information content (AvgIpc) is 2.64. The predicted octanol–water partition coefficient (Wildman–Crippen LogP) is 6.88. The number of halogens is 3. The lowest BCUT2D eigenvalue weighted by molar-refractivity contribution is -0.137. The van der Waals surface area contributed by atoms with Crippen LogP contribution in [0.2, 0.25) is 0 Å².